The number of sulfonamides is 1. The minimum Gasteiger partial charge on any atom is -0.478 e. The van der Waals surface area contributed by atoms with Crippen molar-refractivity contribution in [1.82, 2.24) is 4.72 Å². The first-order valence-electron chi connectivity index (χ1n) is 5.57. The van der Waals surface area contributed by atoms with Crippen LogP contribution in [-0.2, 0) is 10.0 Å². The van der Waals surface area contributed by atoms with Crippen LogP contribution in [0.15, 0.2) is 23.1 Å². The molecule has 1 aromatic carbocycles. The van der Waals surface area contributed by atoms with Crippen molar-refractivity contribution in [3.8, 4) is 0 Å². The Hall–Kier alpha value is -1.40. The summed E-state index contributed by atoms with van der Waals surface area (Å²) in [6.07, 6.45) is 0. The zero-order chi connectivity index (χ0) is 13.9. The molecule has 1 rings (SSSR count). The largest absolute Gasteiger partial charge is 0.478 e. The van der Waals surface area contributed by atoms with E-state index in [0.717, 1.165) is 0 Å². The second-order valence-electron chi connectivity index (χ2n) is 4.53. The maximum absolute atomic E-state index is 11.9. The van der Waals surface area contributed by atoms with Crippen molar-refractivity contribution >= 4 is 16.0 Å². The maximum Gasteiger partial charge on any atom is 0.335 e. The van der Waals surface area contributed by atoms with Gasteiger partial charge >= 0.3 is 5.97 Å². The van der Waals surface area contributed by atoms with E-state index in [0.29, 0.717) is 12.1 Å². The van der Waals surface area contributed by atoms with Crippen molar-refractivity contribution in [3.05, 3.63) is 29.3 Å². The Morgan fingerprint density at radius 2 is 2.00 bits per heavy atom. The molecule has 0 aromatic heterocycles. The lowest BCUT2D eigenvalue weighted by atomic mass is 10.1. The molecule has 5 nitrogen and oxygen atoms in total. The number of carbonyl (C=O) groups is 1. The van der Waals surface area contributed by atoms with Crippen molar-refractivity contribution < 1.29 is 18.3 Å². The molecule has 0 fully saturated rings. The van der Waals surface area contributed by atoms with E-state index in [9.17, 15) is 13.2 Å². The fraction of sp³-hybridized carbons (Fsp3) is 0.417. The van der Waals surface area contributed by atoms with Gasteiger partial charge in [-0.15, -0.1) is 0 Å². The van der Waals surface area contributed by atoms with Crippen molar-refractivity contribution in [3.63, 3.8) is 0 Å². The Labute approximate surface area is 107 Å². The van der Waals surface area contributed by atoms with Crippen LogP contribution in [0.3, 0.4) is 0 Å². The van der Waals surface area contributed by atoms with Gasteiger partial charge in [-0.05, 0) is 30.5 Å². The van der Waals surface area contributed by atoms with Gasteiger partial charge in [0, 0.05) is 6.54 Å². The lowest BCUT2D eigenvalue weighted by molar-refractivity contribution is 0.0696. The lowest BCUT2D eigenvalue weighted by Gasteiger charge is -2.10. The standard InChI is InChI=1S/C12H17NO4S/c1-8(2)7-13-18(16,17)10-5-4-9(3)11(6-10)12(14)15/h4-6,8,13H,7H2,1-3H3,(H,14,15). The van der Waals surface area contributed by atoms with Crippen molar-refractivity contribution in [1.29, 1.82) is 0 Å². The van der Waals surface area contributed by atoms with Crippen LogP contribution >= 0.6 is 0 Å². The molecule has 0 aliphatic carbocycles. The fourth-order valence-electron chi connectivity index (χ4n) is 1.36. The number of benzene rings is 1. The lowest BCUT2D eigenvalue weighted by Crippen LogP contribution is -2.27. The van der Waals surface area contributed by atoms with E-state index in [2.05, 4.69) is 4.72 Å². The van der Waals surface area contributed by atoms with Gasteiger partial charge in [0.1, 0.15) is 0 Å². The Morgan fingerprint density at radius 1 is 1.39 bits per heavy atom. The average Bonchev–Trinajstić information content (AvgIpc) is 2.26. The van der Waals surface area contributed by atoms with Crippen LogP contribution in [0.5, 0.6) is 0 Å². The highest BCUT2D eigenvalue weighted by molar-refractivity contribution is 7.89. The molecular formula is C12H17NO4S. The van der Waals surface area contributed by atoms with Crippen molar-refractivity contribution in [2.45, 2.75) is 25.7 Å². The van der Waals surface area contributed by atoms with E-state index in [1.165, 1.54) is 18.2 Å². The zero-order valence-electron chi connectivity index (χ0n) is 10.6. The van der Waals surface area contributed by atoms with Crippen LogP contribution < -0.4 is 4.72 Å². The molecule has 1 aromatic rings. The summed E-state index contributed by atoms with van der Waals surface area (Å²) in [7, 11) is -3.64. The third-order valence-electron chi connectivity index (χ3n) is 2.43. The van der Waals surface area contributed by atoms with E-state index in [4.69, 9.17) is 5.11 Å². The second-order valence-corrected chi connectivity index (χ2v) is 6.29. The number of aryl methyl sites for hydroxylation is 1. The first-order chi connectivity index (χ1) is 8.24. The van der Waals surface area contributed by atoms with E-state index in [1.807, 2.05) is 13.8 Å². The van der Waals surface area contributed by atoms with Crippen LogP contribution in [0.25, 0.3) is 0 Å². The molecule has 0 aliphatic heterocycles. The summed E-state index contributed by atoms with van der Waals surface area (Å²) in [4.78, 5) is 10.9. The molecule has 100 valence electrons. The van der Waals surface area contributed by atoms with E-state index >= 15 is 0 Å². The molecule has 0 atom stereocenters. The third kappa shape index (κ3) is 3.54. The van der Waals surface area contributed by atoms with Gasteiger partial charge in [-0.3, -0.25) is 0 Å². The number of hydrogen-bond acceptors (Lipinski definition) is 3. The summed E-state index contributed by atoms with van der Waals surface area (Å²) < 4.78 is 26.3. The minimum absolute atomic E-state index is 0.00224. The molecule has 0 radical (unpaired) electrons. The van der Waals surface area contributed by atoms with Crippen molar-refractivity contribution in [2.75, 3.05) is 6.54 Å². The van der Waals surface area contributed by atoms with Gasteiger partial charge in [-0.1, -0.05) is 19.9 Å². The van der Waals surface area contributed by atoms with Gasteiger partial charge in [-0.25, -0.2) is 17.9 Å². The van der Waals surface area contributed by atoms with Crippen LogP contribution in [0.2, 0.25) is 0 Å². The van der Waals surface area contributed by atoms with Gasteiger partial charge in [0.05, 0.1) is 10.5 Å². The molecule has 0 amide bonds. The van der Waals surface area contributed by atoms with Gasteiger partial charge < -0.3 is 5.11 Å². The zero-order valence-corrected chi connectivity index (χ0v) is 11.4. The number of carboxylic acids is 1. The van der Waals surface area contributed by atoms with Gasteiger partial charge in [0.25, 0.3) is 0 Å². The molecule has 0 saturated carbocycles. The highest BCUT2D eigenvalue weighted by atomic mass is 32.2. The third-order valence-corrected chi connectivity index (χ3v) is 3.85. The number of rotatable bonds is 5. The molecular weight excluding hydrogens is 254 g/mol. The average molecular weight is 271 g/mol. The number of hydrogen-bond donors (Lipinski definition) is 2. The van der Waals surface area contributed by atoms with E-state index in [1.54, 1.807) is 6.92 Å². The van der Waals surface area contributed by atoms with E-state index in [-0.39, 0.29) is 16.4 Å². The number of aromatic carboxylic acids is 1. The fourth-order valence-corrected chi connectivity index (χ4v) is 2.60. The SMILES string of the molecule is Cc1ccc(S(=O)(=O)NCC(C)C)cc1C(=O)O. The van der Waals surface area contributed by atoms with Crippen molar-refractivity contribution in [2.24, 2.45) is 5.92 Å². The Bertz CT molecular complexity index is 549. The van der Waals surface area contributed by atoms with Crippen LogP contribution in [-0.4, -0.2) is 26.0 Å². The summed E-state index contributed by atoms with van der Waals surface area (Å²) in [6, 6.07) is 4.08. The topological polar surface area (TPSA) is 83.5 Å². The molecule has 0 heterocycles. The van der Waals surface area contributed by atoms with Crippen LogP contribution in [0.1, 0.15) is 29.8 Å². The van der Waals surface area contributed by atoms with E-state index < -0.39 is 16.0 Å². The molecule has 0 unspecified atom stereocenters. The van der Waals surface area contributed by atoms with Crippen LogP contribution in [0, 0.1) is 12.8 Å². The second kappa shape index (κ2) is 5.49. The Balaban J connectivity index is 3.10. The summed E-state index contributed by atoms with van der Waals surface area (Å²) in [5, 5.41) is 8.96. The highest BCUT2D eigenvalue weighted by Crippen LogP contribution is 2.15. The molecule has 18 heavy (non-hydrogen) atoms. The Kier molecular flexibility index (Phi) is 4.48. The first-order valence-corrected chi connectivity index (χ1v) is 7.06. The summed E-state index contributed by atoms with van der Waals surface area (Å²) in [5.74, 6) is -0.947. The predicted octanol–water partition coefficient (Wildman–Crippen LogP) is 1.63. The summed E-state index contributed by atoms with van der Waals surface area (Å²) >= 11 is 0. The molecule has 0 saturated heterocycles. The summed E-state index contributed by atoms with van der Waals surface area (Å²) in [5.41, 5.74) is 0.535. The molecule has 0 spiro atoms. The van der Waals surface area contributed by atoms with Gasteiger partial charge in [-0.2, -0.15) is 0 Å². The predicted molar refractivity (Wildman–Crippen MR) is 68.2 cm³/mol. The molecule has 0 aliphatic rings. The van der Waals surface area contributed by atoms with Crippen LogP contribution in [0.4, 0.5) is 0 Å². The maximum atomic E-state index is 11.9. The highest BCUT2D eigenvalue weighted by Gasteiger charge is 2.17. The Morgan fingerprint density at radius 3 is 2.50 bits per heavy atom. The minimum atomic E-state index is -3.64. The monoisotopic (exact) mass is 271 g/mol. The number of carboxylic acid groups (broad SMARTS) is 1. The van der Waals surface area contributed by atoms with Gasteiger partial charge in [0.2, 0.25) is 10.0 Å². The number of nitrogens with one attached hydrogen (secondary N) is 1. The quantitative estimate of drug-likeness (QED) is 0.852. The summed E-state index contributed by atoms with van der Waals surface area (Å²) in [6.45, 7) is 5.72. The van der Waals surface area contributed by atoms with Gasteiger partial charge in [0.15, 0.2) is 0 Å². The normalized spacial score (nSPS) is 11.8. The smallest absolute Gasteiger partial charge is 0.335 e. The molecule has 2 N–H and O–H groups in total. The molecule has 6 heteroatoms. The first kappa shape index (κ1) is 14.7. The molecule has 0 bridgehead atoms.